The molecule has 0 unspecified atom stereocenters. The van der Waals surface area contributed by atoms with E-state index < -0.39 is 16.0 Å². The third kappa shape index (κ3) is 2.58. The SMILES string of the molecule is Cc1c(F)cccc1NS(=O)(=O)N1CCCC1. The van der Waals surface area contributed by atoms with Crippen LogP contribution in [-0.2, 0) is 10.2 Å². The Morgan fingerprint density at radius 1 is 1.29 bits per heavy atom. The Hall–Kier alpha value is -1.14. The van der Waals surface area contributed by atoms with Gasteiger partial charge in [0.25, 0.3) is 0 Å². The van der Waals surface area contributed by atoms with E-state index in [1.807, 2.05) is 0 Å². The first kappa shape index (κ1) is 12.3. The summed E-state index contributed by atoms with van der Waals surface area (Å²) in [4.78, 5) is 0. The lowest BCUT2D eigenvalue weighted by Crippen LogP contribution is -2.33. The molecule has 2 rings (SSSR count). The van der Waals surface area contributed by atoms with E-state index in [9.17, 15) is 12.8 Å². The van der Waals surface area contributed by atoms with Crippen molar-refractivity contribution in [2.45, 2.75) is 19.8 Å². The summed E-state index contributed by atoms with van der Waals surface area (Å²) in [5.41, 5.74) is 0.618. The third-order valence-corrected chi connectivity index (χ3v) is 4.43. The lowest BCUT2D eigenvalue weighted by molar-refractivity contribution is 0.482. The van der Waals surface area contributed by atoms with E-state index in [4.69, 9.17) is 0 Å². The van der Waals surface area contributed by atoms with Gasteiger partial charge in [-0.05, 0) is 31.9 Å². The van der Waals surface area contributed by atoms with E-state index in [-0.39, 0.29) is 0 Å². The minimum absolute atomic E-state index is 0.303. The Labute approximate surface area is 101 Å². The number of nitrogens with zero attached hydrogens (tertiary/aromatic N) is 1. The van der Waals surface area contributed by atoms with Crippen LogP contribution in [0.5, 0.6) is 0 Å². The molecule has 1 saturated heterocycles. The largest absolute Gasteiger partial charge is 0.301 e. The second kappa shape index (κ2) is 4.62. The number of anilines is 1. The van der Waals surface area contributed by atoms with Gasteiger partial charge in [-0.1, -0.05) is 6.07 Å². The molecular formula is C11H15FN2O2S. The van der Waals surface area contributed by atoms with Crippen LogP contribution >= 0.6 is 0 Å². The van der Waals surface area contributed by atoms with Gasteiger partial charge in [0, 0.05) is 18.7 Å². The smallest absolute Gasteiger partial charge is 0.271 e. The Morgan fingerprint density at radius 3 is 2.59 bits per heavy atom. The van der Waals surface area contributed by atoms with Crippen molar-refractivity contribution < 1.29 is 12.8 Å². The number of rotatable bonds is 3. The molecule has 0 aliphatic carbocycles. The molecule has 94 valence electrons. The second-order valence-corrected chi connectivity index (χ2v) is 5.80. The van der Waals surface area contributed by atoms with Crippen molar-refractivity contribution in [3.63, 3.8) is 0 Å². The van der Waals surface area contributed by atoms with Gasteiger partial charge in [-0.3, -0.25) is 4.72 Å². The van der Waals surface area contributed by atoms with Crippen molar-refractivity contribution in [1.82, 2.24) is 4.31 Å². The van der Waals surface area contributed by atoms with Gasteiger partial charge < -0.3 is 0 Å². The van der Waals surface area contributed by atoms with E-state index >= 15 is 0 Å². The standard InChI is InChI=1S/C11H15FN2O2S/c1-9-10(12)5-4-6-11(9)13-17(15,16)14-7-2-3-8-14/h4-6,13H,2-3,7-8H2,1H3. The van der Waals surface area contributed by atoms with Crippen LogP contribution in [0.2, 0.25) is 0 Å². The summed E-state index contributed by atoms with van der Waals surface area (Å²) in [5, 5.41) is 0. The lowest BCUT2D eigenvalue weighted by atomic mass is 10.2. The molecule has 0 spiro atoms. The van der Waals surface area contributed by atoms with E-state index in [0.29, 0.717) is 24.3 Å². The van der Waals surface area contributed by atoms with Gasteiger partial charge in [0.2, 0.25) is 0 Å². The Kier molecular flexibility index (Phi) is 3.35. The van der Waals surface area contributed by atoms with Gasteiger partial charge in [0.05, 0.1) is 5.69 Å². The monoisotopic (exact) mass is 258 g/mol. The summed E-state index contributed by atoms with van der Waals surface area (Å²) in [5.74, 6) is -0.411. The fourth-order valence-electron chi connectivity index (χ4n) is 1.85. The van der Waals surface area contributed by atoms with Crippen LogP contribution in [0.15, 0.2) is 18.2 Å². The molecule has 0 saturated carbocycles. The highest BCUT2D eigenvalue weighted by molar-refractivity contribution is 7.90. The molecule has 0 bridgehead atoms. The predicted octanol–water partition coefficient (Wildman–Crippen LogP) is 1.89. The van der Waals surface area contributed by atoms with Crippen LogP contribution in [0.3, 0.4) is 0 Å². The van der Waals surface area contributed by atoms with Gasteiger partial charge in [0.15, 0.2) is 0 Å². The number of halogens is 1. The molecule has 0 atom stereocenters. The minimum Gasteiger partial charge on any atom is -0.271 e. The molecule has 1 fully saturated rings. The number of hydrogen-bond acceptors (Lipinski definition) is 2. The Bertz CT molecular complexity index is 510. The molecule has 6 heteroatoms. The molecule has 1 aliphatic heterocycles. The summed E-state index contributed by atoms with van der Waals surface area (Å²) in [6, 6.07) is 4.36. The predicted molar refractivity (Wildman–Crippen MR) is 64.5 cm³/mol. The number of nitrogens with one attached hydrogen (secondary N) is 1. The van der Waals surface area contributed by atoms with Crippen LogP contribution in [0, 0.1) is 12.7 Å². The van der Waals surface area contributed by atoms with Gasteiger partial charge in [-0.15, -0.1) is 0 Å². The molecule has 0 aromatic heterocycles. The number of hydrogen-bond donors (Lipinski definition) is 1. The highest BCUT2D eigenvalue weighted by Gasteiger charge is 2.25. The summed E-state index contributed by atoms with van der Waals surface area (Å²) in [6.07, 6.45) is 1.76. The first-order chi connectivity index (χ1) is 8.00. The van der Waals surface area contributed by atoms with Crippen LogP contribution < -0.4 is 4.72 Å². The lowest BCUT2D eigenvalue weighted by Gasteiger charge is -2.18. The summed E-state index contributed by atoms with van der Waals surface area (Å²) in [7, 11) is -3.54. The zero-order valence-corrected chi connectivity index (χ0v) is 10.4. The van der Waals surface area contributed by atoms with E-state index in [2.05, 4.69) is 4.72 Å². The van der Waals surface area contributed by atoms with Crippen molar-refractivity contribution >= 4 is 15.9 Å². The van der Waals surface area contributed by atoms with Crippen molar-refractivity contribution in [2.75, 3.05) is 17.8 Å². The summed E-state index contributed by atoms with van der Waals surface area (Å²) in [6.45, 7) is 2.62. The van der Waals surface area contributed by atoms with E-state index in [0.717, 1.165) is 12.8 Å². The zero-order chi connectivity index (χ0) is 12.5. The molecular weight excluding hydrogens is 243 g/mol. The van der Waals surface area contributed by atoms with Crippen LogP contribution in [0.4, 0.5) is 10.1 Å². The molecule has 1 aromatic rings. The fraction of sp³-hybridized carbons (Fsp3) is 0.455. The molecule has 1 N–H and O–H groups in total. The van der Waals surface area contributed by atoms with Crippen molar-refractivity contribution in [2.24, 2.45) is 0 Å². The minimum atomic E-state index is -3.54. The average Bonchev–Trinajstić information content (AvgIpc) is 2.78. The molecule has 0 amide bonds. The van der Waals surface area contributed by atoms with Crippen LogP contribution in [0.1, 0.15) is 18.4 Å². The van der Waals surface area contributed by atoms with Gasteiger partial charge >= 0.3 is 10.2 Å². The molecule has 1 aliphatic rings. The molecule has 17 heavy (non-hydrogen) atoms. The molecule has 1 aromatic carbocycles. The van der Waals surface area contributed by atoms with E-state index in [1.165, 1.54) is 16.4 Å². The van der Waals surface area contributed by atoms with Crippen molar-refractivity contribution in [1.29, 1.82) is 0 Å². The second-order valence-electron chi connectivity index (χ2n) is 4.13. The third-order valence-electron chi connectivity index (χ3n) is 2.91. The Balaban J connectivity index is 2.23. The molecule has 1 heterocycles. The Morgan fingerprint density at radius 2 is 1.94 bits per heavy atom. The quantitative estimate of drug-likeness (QED) is 0.900. The topological polar surface area (TPSA) is 49.4 Å². The summed E-state index contributed by atoms with van der Waals surface area (Å²) < 4.78 is 41.0. The normalized spacial score (nSPS) is 17.3. The zero-order valence-electron chi connectivity index (χ0n) is 9.61. The first-order valence-corrected chi connectivity index (χ1v) is 6.98. The van der Waals surface area contributed by atoms with Crippen LogP contribution in [-0.4, -0.2) is 25.8 Å². The highest BCUT2D eigenvalue weighted by Crippen LogP contribution is 2.21. The average molecular weight is 258 g/mol. The molecule has 0 radical (unpaired) electrons. The van der Waals surface area contributed by atoms with Crippen molar-refractivity contribution in [3.05, 3.63) is 29.6 Å². The first-order valence-electron chi connectivity index (χ1n) is 5.54. The maximum atomic E-state index is 13.3. The van der Waals surface area contributed by atoms with Gasteiger partial charge in [-0.25, -0.2) is 4.39 Å². The fourth-order valence-corrected chi connectivity index (χ4v) is 3.22. The molecule has 4 nitrogen and oxygen atoms in total. The van der Waals surface area contributed by atoms with Crippen LogP contribution in [0.25, 0.3) is 0 Å². The number of benzene rings is 1. The maximum Gasteiger partial charge on any atom is 0.301 e. The maximum absolute atomic E-state index is 13.3. The van der Waals surface area contributed by atoms with Crippen molar-refractivity contribution in [3.8, 4) is 0 Å². The van der Waals surface area contributed by atoms with Gasteiger partial charge in [0.1, 0.15) is 5.82 Å². The highest BCUT2D eigenvalue weighted by atomic mass is 32.2. The van der Waals surface area contributed by atoms with E-state index in [1.54, 1.807) is 13.0 Å². The van der Waals surface area contributed by atoms with Gasteiger partial charge in [-0.2, -0.15) is 12.7 Å². The summed E-state index contributed by atoms with van der Waals surface area (Å²) >= 11 is 0.